The van der Waals surface area contributed by atoms with Gasteiger partial charge in [0.15, 0.2) is 0 Å². The van der Waals surface area contributed by atoms with Crippen LogP contribution in [0.3, 0.4) is 0 Å². The van der Waals surface area contributed by atoms with E-state index in [1.165, 1.54) is 21.8 Å². The maximum absolute atomic E-state index is 12.4. The molecule has 0 unspecified atom stereocenters. The van der Waals surface area contributed by atoms with Crippen molar-refractivity contribution in [3.05, 3.63) is 51.5 Å². The van der Waals surface area contributed by atoms with E-state index in [0.29, 0.717) is 5.75 Å². The van der Waals surface area contributed by atoms with Gasteiger partial charge in [-0.05, 0) is 18.9 Å². The number of carbonyl (C=O) groups excluding carboxylic acids is 1. The van der Waals surface area contributed by atoms with Crippen molar-refractivity contribution in [2.75, 3.05) is 31.9 Å². The van der Waals surface area contributed by atoms with Gasteiger partial charge in [-0.2, -0.15) is 0 Å². The number of thioether (sulfide) groups is 1. The minimum absolute atomic E-state index is 0.267. The fourth-order valence-corrected chi connectivity index (χ4v) is 4.62. The van der Waals surface area contributed by atoms with Crippen LogP contribution in [0.2, 0.25) is 0 Å². The molecule has 0 saturated carbocycles. The number of aryl methyl sites for hydroxylation is 2. The van der Waals surface area contributed by atoms with Gasteiger partial charge < -0.3 is 4.90 Å². The normalized spacial score (nSPS) is 15.4. The molecule has 26 heavy (non-hydrogen) atoms. The number of thiazole rings is 1. The lowest BCUT2D eigenvalue weighted by Crippen LogP contribution is -2.48. The summed E-state index contributed by atoms with van der Waals surface area (Å²) in [6.07, 6.45) is 1.01. The molecule has 1 saturated heterocycles. The minimum Gasteiger partial charge on any atom is -0.339 e. The van der Waals surface area contributed by atoms with Crippen molar-refractivity contribution < 1.29 is 4.79 Å². The van der Waals surface area contributed by atoms with Crippen molar-refractivity contribution in [2.45, 2.75) is 32.6 Å². The second kappa shape index (κ2) is 9.53. The third kappa shape index (κ3) is 5.56. The lowest BCUT2D eigenvalue weighted by Gasteiger charge is -2.34. The Hall–Kier alpha value is -1.37. The molecular weight excluding hydrogens is 362 g/mol. The molecule has 6 heteroatoms. The van der Waals surface area contributed by atoms with Gasteiger partial charge >= 0.3 is 0 Å². The first-order valence-corrected chi connectivity index (χ1v) is 11.2. The largest absolute Gasteiger partial charge is 0.339 e. The van der Waals surface area contributed by atoms with Gasteiger partial charge in [0, 0.05) is 43.9 Å². The summed E-state index contributed by atoms with van der Waals surface area (Å²) in [5.74, 6) is 1.73. The molecule has 1 amide bonds. The molecule has 1 aromatic carbocycles. The molecule has 140 valence electrons. The van der Waals surface area contributed by atoms with E-state index in [2.05, 4.69) is 53.4 Å². The molecule has 0 spiro atoms. The van der Waals surface area contributed by atoms with Crippen LogP contribution in [0, 0.1) is 6.92 Å². The molecule has 1 aromatic heterocycles. The Kier molecular flexibility index (Phi) is 7.11. The molecule has 0 bridgehead atoms. The summed E-state index contributed by atoms with van der Waals surface area (Å²) in [7, 11) is 0. The molecule has 1 aliphatic heterocycles. The predicted octanol–water partition coefficient (Wildman–Crippen LogP) is 3.59. The van der Waals surface area contributed by atoms with E-state index in [0.717, 1.165) is 44.9 Å². The Bertz CT molecular complexity index is 706. The fourth-order valence-electron chi connectivity index (χ4n) is 3.00. The third-order valence-electron chi connectivity index (χ3n) is 4.63. The molecule has 0 radical (unpaired) electrons. The summed E-state index contributed by atoms with van der Waals surface area (Å²) in [5.41, 5.74) is 3.73. The van der Waals surface area contributed by atoms with Crippen LogP contribution >= 0.6 is 23.1 Å². The quantitative estimate of drug-likeness (QED) is 0.725. The van der Waals surface area contributed by atoms with E-state index in [1.807, 2.05) is 4.90 Å². The Morgan fingerprint density at radius 3 is 2.58 bits per heavy atom. The Morgan fingerprint density at radius 1 is 1.19 bits per heavy atom. The summed E-state index contributed by atoms with van der Waals surface area (Å²) >= 11 is 3.46. The van der Waals surface area contributed by atoms with Crippen molar-refractivity contribution in [1.82, 2.24) is 14.8 Å². The molecule has 2 aromatic rings. The zero-order chi connectivity index (χ0) is 18.4. The standard InChI is InChI=1S/C20H27N3OS2/c1-3-19-21-18(14-26-19)12-22-8-10-23(11-9-22)20(24)15-25-13-17-6-4-16(2)5-7-17/h4-7,14H,3,8-13,15H2,1-2H3. The molecule has 0 aliphatic carbocycles. The second-order valence-corrected chi connectivity index (χ2v) is 8.65. The molecule has 0 atom stereocenters. The number of hydrogen-bond acceptors (Lipinski definition) is 5. The van der Waals surface area contributed by atoms with E-state index in [9.17, 15) is 4.79 Å². The first-order valence-electron chi connectivity index (χ1n) is 9.20. The monoisotopic (exact) mass is 389 g/mol. The summed E-state index contributed by atoms with van der Waals surface area (Å²) in [6, 6.07) is 8.55. The number of carbonyl (C=O) groups is 1. The van der Waals surface area contributed by atoms with Gasteiger partial charge in [0.05, 0.1) is 16.5 Å². The molecule has 1 aliphatic rings. The number of piperazine rings is 1. The fraction of sp³-hybridized carbons (Fsp3) is 0.500. The highest BCUT2D eigenvalue weighted by Crippen LogP contribution is 2.16. The average molecular weight is 390 g/mol. The van der Waals surface area contributed by atoms with Crippen molar-refractivity contribution in [3.8, 4) is 0 Å². The van der Waals surface area contributed by atoms with Crippen LogP contribution in [-0.2, 0) is 23.5 Å². The first-order chi connectivity index (χ1) is 12.6. The van der Waals surface area contributed by atoms with Crippen LogP contribution in [0.25, 0.3) is 0 Å². The van der Waals surface area contributed by atoms with Crippen LogP contribution < -0.4 is 0 Å². The van der Waals surface area contributed by atoms with Gasteiger partial charge in [0.1, 0.15) is 0 Å². The number of rotatable bonds is 7. The number of benzene rings is 1. The van der Waals surface area contributed by atoms with E-state index in [4.69, 9.17) is 0 Å². The highest BCUT2D eigenvalue weighted by Gasteiger charge is 2.21. The highest BCUT2D eigenvalue weighted by molar-refractivity contribution is 7.99. The zero-order valence-electron chi connectivity index (χ0n) is 15.6. The van der Waals surface area contributed by atoms with Gasteiger partial charge in [-0.15, -0.1) is 23.1 Å². The Labute approximate surface area is 164 Å². The van der Waals surface area contributed by atoms with Crippen LogP contribution in [0.4, 0.5) is 0 Å². The zero-order valence-corrected chi connectivity index (χ0v) is 17.2. The Balaban J connectivity index is 1.37. The van der Waals surface area contributed by atoms with Crippen molar-refractivity contribution in [2.24, 2.45) is 0 Å². The van der Waals surface area contributed by atoms with Crippen LogP contribution in [-0.4, -0.2) is 52.6 Å². The third-order valence-corrected chi connectivity index (χ3v) is 6.66. The predicted molar refractivity (Wildman–Crippen MR) is 111 cm³/mol. The molecule has 3 rings (SSSR count). The molecular formula is C20H27N3OS2. The number of amides is 1. The molecule has 2 heterocycles. The highest BCUT2D eigenvalue weighted by atomic mass is 32.2. The van der Waals surface area contributed by atoms with Gasteiger partial charge in [-0.25, -0.2) is 4.98 Å². The lowest BCUT2D eigenvalue weighted by atomic mass is 10.2. The van der Waals surface area contributed by atoms with E-state index >= 15 is 0 Å². The average Bonchev–Trinajstić information content (AvgIpc) is 3.11. The molecule has 0 N–H and O–H groups in total. The Morgan fingerprint density at radius 2 is 1.92 bits per heavy atom. The van der Waals surface area contributed by atoms with Crippen molar-refractivity contribution in [3.63, 3.8) is 0 Å². The van der Waals surface area contributed by atoms with Crippen LogP contribution in [0.15, 0.2) is 29.6 Å². The number of hydrogen-bond donors (Lipinski definition) is 0. The summed E-state index contributed by atoms with van der Waals surface area (Å²) in [4.78, 5) is 21.5. The number of aromatic nitrogens is 1. The lowest BCUT2D eigenvalue weighted by molar-refractivity contribution is -0.130. The molecule has 4 nitrogen and oxygen atoms in total. The summed E-state index contributed by atoms with van der Waals surface area (Å²) in [6.45, 7) is 8.67. The van der Waals surface area contributed by atoms with Crippen molar-refractivity contribution >= 4 is 29.0 Å². The first kappa shape index (κ1) is 19.4. The minimum atomic E-state index is 0.267. The smallest absolute Gasteiger partial charge is 0.232 e. The molecule has 1 fully saturated rings. The maximum Gasteiger partial charge on any atom is 0.232 e. The van der Waals surface area contributed by atoms with E-state index < -0.39 is 0 Å². The van der Waals surface area contributed by atoms with E-state index in [-0.39, 0.29) is 5.91 Å². The second-order valence-electron chi connectivity index (χ2n) is 6.72. The SMILES string of the molecule is CCc1nc(CN2CCN(C(=O)CSCc3ccc(C)cc3)CC2)cs1. The van der Waals surface area contributed by atoms with Crippen molar-refractivity contribution in [1.29, 1.82) is 0 Å². The van der Waals surface area contributed by atoms with E-state index in [1.54, 1.807) is 23.1 Å². The maximum atomic E-state index is 12.4. The van der Waals surface area contributed by atoms with Crippen LogP contribution in [0.1, 0.15) is 28.8 Å². The number of nitrogens with zero attached hydrogens (tertiary/aromatic N) is 3. The topological polar surface area (TPSA) is 36.4 Å². The summed E-state index contributed by atoms with van der Waals surface area (Å²) < 4.78 is 0. The van der Waals surface area contributed by atoms with Crippen LogP contribution in [0.5, 0.6) is 0 Å². The van der Waals surface area contributed by atoms with Gasteiger partial charge in [0.2, 0.25) is 5.91 Å². The van der Waals surface area contributed by atoms with Gasteiger partial charge in [-0.1, -0.05) is 36.8 Å². The summed E-state index contributed by atoms with van der Waals surface area (Å²) in [5, 5.41) is 3.37. The van der Waals surface area contributed by atoms with Gasteiger partial charge in [-0.3, -0.25) is 9.69 Å². The van der Waals surface area contributed by atoms with Gasteiger partial charge in [0.25, 0.3) is 0 Å².